The number of esters is 1. The van der Waals surface area contributed by atoms with E-state index in [-0.39, 0.29) is 17.0 Å². The number of hydrogen-bond acceptors (Lipinski definition) is 4. The number of Topliss-reactive ketones (excluding diaryl/α,β-unsaturated/α-hetero) is 1. The predicted octanol–water partition coefficient (Wildman–Crippen LogP) is 3.97. The maximum atomic E-state index is 12.4. The number of carbonyl (C=O) groups excluding carboxylic acids is 2. The molecule has 2 aromatic carbocycles. The summed E-state index contributed by atoms with van der Waals surface area (Å²) in [6.45, 7) is 5.45. The lowest BCUT2D eigenvalue weighted by Crippen LogP contribution is -2.24. The highest BCUT2D eigenvalue weighted by Gasteiger charge is 2.21. The molecule has 2 aromatic rings. The number of ketones is 1. The molecule has 0 aromatic heterocycles. The number of carbonyl (C=O) groups is 2. The van der Waals surface area contributed by atoms with Gasteiger partial charge in [-0.1, -0.05) is 23.7 Å². The zero-order valence-electron chi connectivity index (χ0n) is 13.2. The van der Waals surface area contributed by atoms with E-state index in [2.05, 4.69) is 0 Å². The topological polar surface area (TPSA) is 69.4 Å². The van der Waals surface area contributed by atoms with Gasteiger partial charge in [-0.25, -0.2) is 4.79 Å². The van der Waals surface area contributed by atoms with Gasteiger partial charge < -0.3 is 10.5 Å². The van der Waals surface area contributed by atoms with Crippen molar-refractivity contribution in [2.45, 2.75) is 26.9 Å². The molecule has 23 heavy (non-hydrogen) atoms. The first kappa shape index (κ1) is 17.0. The van der Waals surface area contributed by atoms with E-state index in [1.165, 1.54) is 18.2 Å². The van der Waals surface area contributed by atoms with Crippen LogP contribution in [-0.4, -0.2) is 17.9 Å². The predicted molar refractivity (Wildman–Crippen MR) is 91.0 cm³/mol. The highest BCUT2D eigenvalue weighted by atomic mass is 35.5. The summed E-state index contributed by atoms with van der Waals surface area (Å²) in [6, 6.07) is 9.85. The second kappa shape index (κ2) is 6.84. The van der Waals surface area contributed by atoms with Crippen LogP contribution in [-0.2, 0) is 4.74 Å². The van der Waals surface area contributed by atoms with Gasteiger partial charge in [0.25, 0.3) is 0 Å². The summed E-state index contributed by atoms with van der Waals surface area (Å²) in [6.07, 6.45) is -0.887. The van der Waals surface area contributed by atoms with E-state index in [1.54, 1.807) is 19.1 Å². The number of rotatable bonds is 4. The quantitative estimate of drug-likeness (QED) is 0.523. The largest absolute Gasteiger partial charge is 0.451 e. The van der Waals surface area contributed by atoms with E-state index < -0.39 is 12.1 Å². The third kappa shape index (κ3) is 3.90. The second-order valence-electron chi connectivity index (χ2n) is 5.45. The van der Waals surface area contributed by atoms with Gasteiger partial charge in [-0.2, -0.15) is 0 Å². The molecule has 0 saturated heterocycles. The molecule has 0 fully saturated rings. The van der Waals surface area contributed by atoms with E-state index in [0.29, 0.717) is 10.6 Å². The van der Waals surface area contributed by atoms with E-state index in [9.17, 15) is 9.59 Å². The lowest BCUT2D eigenvalue weighted by atomic mass is 10.0. The van der Waals surface area contributed by atoms with Crippen LogP contribution in [0.1, 0.15) is 38.8 Å². The molecule has 5 heteroatoms. The summed E-state index contributed by atoms with van der Waals surface area (Å²) in [5.74, 6) is -0.860. The summed E-state index contributed by atoms with van der Waals surface area (Å²) in [4.78, 5) is 24.5. The maximum absolute atomic E-state index is 12.4. The number of hydrogen-bond donors (Lipinski definition) is 1. The molecule has 0 bridgehead atoms. The fourth-order valence-corrected chi connectivity index (χ4v) is 2.20. The molecule has 0 amide bonds. The standard InChI is InChI=1S/C18H18ClNO3/c1-10-4-5-13(8-11(10)2)17(21)12(3)23-18(22)14-6-7-15(19)16(20)9-14/h4-9,12H,20H2,1-3H3/t12-/m1/s1. The number of halogens is 1. The zero-order chi connectivity index (χ0) is 17.1. The van der Waals surface area contributed by atoms with Crippen LogP contribution in [0.5, 0.6) is 0 Å². The Labute approximate surface area is 140 Å². The molecule has 0 aliphatic heterocycles. The monoisotopic (exact) mass is 331 g/mol. The molecule has 1 atom stereocenters. The molecule has 2 N–H and O–H groups in total. The van der Waals surface area contributed by atoms with Gasteiger partial charge in [-0.15, -0.1) is 0 Å². The Hall–Kier alpha value is -2.33. The van der Waals surface area contributed by atoms with Crippen molar-refractivity contribution < 1.29 is 14.3 Å². The van der Waals surface area contributed by atoms with Crippen LogP contribution in [0.2, 0.25) is 5.02 Å². The highest BCUT2D eigenvalue weighted by Crippen LogP contribution is 2.20. The molecule has 0 saturated carbocycles. The van der Waals surface area contributed by atoms with Gasteiger partial charge in [-0.05, 0) is 56.2 Å². The molecule has 0 aliphatic rings. The second-order valence-corrected chi connectivity index (χ2v) is 5.85. The van der Waals surface area contributed by atoms with Crippen LogP contribution in [0.15, 0.2) is 36.4 Å². The number of nitrogens with two attached hydrogens (primary N) is 1. The van der Waals surface area contributed by atoms with E-state index in [1.807, 2.05) is 19.9 Å². The van der Waals surface area contributed by atoms with Crippen molar-refractivity contribution >= 4 is 29.0 Å². The van der Waals surface area contributed by atoms with Crippen molar-refractivity contribution in [2.75, 3.05) is 5.73 Å². The Kier molecular flexibility index (Phi) is 5.06. The average molecular weight is 332 g/mol. The minimum atomic E-state index is -0.887. The molecule has 4 nitrogen and oxygen atoms in total. The van der Waals surface area contributed by atoms with Crippen molar-refractivity contribution in [2.24, 2.45) is 0 Å². The highest BCUT2D eigenvalue weighted by molar-refractivity contribution is 6.33. The SMILES string of the molecule is Cc1ccc(C(=O)[C@@H](C)OC(=O)c2ccc(Cl)c(N)c2)cc1C. The summed E-state index contributed by atoms with van der Waals surface area (Å²) in [5.41, 5.74) is 8.84. The number of anilines is 1. The summed E-state index contributed by atoms with van der Waals surface area (Å²) in [7, 11) is 0. The zero-order valence-corrected chi connectivity index (χ0v) is 14.0. The van der Waals surface area contributed by atoms with Crippen molar-refractivity contribution in [1.29, 1.82) is 0 Å². The Morgan fingerprint density at radius 3 is 2.30 bits per heavy atom. The van der Waals surface area contributed by atoms with Crippen molar-refractivity contribution in [1.82, 2.24) is 0 Å². The lowest BCUT2D eigenvalue weighted by Gasteiger charge is -2.13. The molecule has 120 valence electrons. The molecule has 0 spiro atoms. The minimum absolute atomic E-state index is 0.247. The fourth-order valence-electron chi connectivity index (χ4n) is 2.08. The fraction of sp³-hybridized carbons (Fsp3) is 0.222. The summed E-state index contributed by atoms with van der Waals surface area (Å²) in [5, 5.41) is 0.362. The molecular formula is C18H18ClNO3. The normalized spacial score (nSPS) is 11.8. The Morgan fingerprint density at radius 1 is 1.04 bits per heavy atom. The van der Waals surface area contributed by atoms with Crippen molar-refractivity contribution in [3.63, 3.8) is 0 Å². The molecule has 0 aliphatic carbocycles. The van der Waals surface area contributed by atoms with Gasteiger partial charge >= 0.3 is 5.97 Å². The number of aryl methyl sites for hydroxylation is 2. The summed E-state index contributed by atoms with van der Waals surface area (Å²) < 4.78 is 5.23. The lowest BCUT2D eigenvalue weighted by molar-refractivity contribution is 0.0319. The van der Waals surface area contributed by atoms with Gasteiger partial charge in [0.2, 0.25) is 5.78 Å². The Bertz CT molecular complexity index is 771. The number of nitrogen functional groups attached to an aromatic ring is 1. The Morgan fingerprint density at radius 2 is 1.70 bits per heavy atom. The van der Waals surface area contributed by atoms with Crippen LogP contribution in [0.3, 0.4) is 0 Å². The van der Waals surface area contributed by atoms with Gasteiger partial charge in [0.15, 0.2) is 6.10 Å². The van der Waals surface area contributed by atoms with Crippen LogP contribution in [0, 0.1) is 13.8 Å². The molecule has 0 unspecified atom stereocenters. The van der Waals surface area contributed by atoms with Crippen molar-refractivity contribution in [3.8, 4) is 0 Å². The maximum Gasteiger partial charge on any atom is 0.338 e. The average Bonchev–Trinajstić information content (AvgIpc) is 2.51. The van der Waals surface area contributed by atoms with Crippen LogP contribution in [0.25, 0.3) is 0 Å². The van der Waals surface area contributed by atoms with Gasteiger partial charge in [0.05, 0.1) is 16.3 Å². The van der Waals surface area contributed by atoms with E-state index in [4.69, 9.17) is 22.1 Å². The third-order valence-corrected chi connectivity index (χ3v) is 4.02. The number of benzene rings is 2. The third-order valence-electron chi connectivity index (χ3n) is 3.68. The van der Waals surface area contributed by atoms with Crippen LogP contribution >= 0.6 is 11.6 Å². The molecule has 0 radical (unpaired) electrons. The first-order valence-electron chi connectivity index (χ1n) is 7.17. The van der Waals surface area contributed by atoms with Gasteiger partial charge in [-0.3, -0.25) is 4.79 Å². The first-order valence-corrected chi connectivity index (χ1v) is 7.55. The van der Waals surface area contributed by atoms with E-state index in [0.717, 1.165) is 11.1 Å². The Balaban J connectivity index is 2.12. The molecule has 2 rings (SSSR count). The van der Waals surface area contributed by atoms with Crippen molar-refractivity contribution in [3.05, 3.63) is 63.7 Å². The van der Waals surface area contributed by atoms with Crippen LogP contribution in [0.4, 0.5) is 5.69 Å². The van der Waals surface area contributed by atoms with Gasteiger partial charge in [0.1, 0.15) is 0 Å². The molecule has 0 heterocycles. The first-order chi connectivity index (χ1) is 10.8. The summed E-state index contributed by atoms with van der Waals surface area (Å²) >= 11 is 5.82. The van der Waals surface area contributed by atoms with Crippen LogP contribution < -0.4 is 5.73 Å². The minimum Gasteiger partial charge on any atom is -0.451 e. The number of ether oxygens (including phenoxy) is 1. The smallest absolute Gasteiger partial charge is 0.338 e. The van der Waals surface area contributed by atoms with E-state index >= 15 is 0 Å². The van der Waals surface area contributed by atoms with Gasteiger partial charge in [0, 0.05) is 5.56 Å². The molecular weight excluding hydrogens is 314 g/mol.